The largest absolute Gasteiger partial charge is 0.366 e. The summed E-state index contributed by atoms with van der Waals surface area (Å²) in [6, 6.07) is 0. The number of rotatable bonds is 3. The zero-order chi connectivity index (χ0) is 11.7. The highest BCUT2D eigenvalue weighted by atomic mass is 28.3. The van der Waals surface area contributed by atoms with E-state index in [1.165, 1.54) is 30.2 Å². The molecule has 1 aromatic rings. The molecule has 7 heteroatoms. The lowest BCUT2D eigenvalue weighted by Gasteiger charge is -2.33. The van der Waals surface area contributed by atoms with Gasteiger partial charge < -0.3 is 4.57 Å². The monoisotopic (exact) mass is 240 g/mol. The molecule has 0 aromatic carbocycles. The Morgan fingerprint density at radius 2 is 2.07 bits per heavy atom. The number of hydrogen-bond donors (Lipinski definition) is 0. The van der Waals surface area contributed by atoms with Gasteiger partial charge in [-0.1, -0.05) is 6.55 Å². The lowest BCUT2D eigenvalue weighted by molar-refractivity contribution is -0.0606. The molecule has 0 amide bonds. The Morgan fingerprint density at radius 3 is 2.40 bits per heavy atom. The lowest BCUT2D eigenvalue weighted by atomic mass is 10.7. The van der Waals surface area contributed by atoms with Crippen LogP contribution in [0.1, 0.15) is 12.6 Å². The van der Waals surface area contributed by atoms with E-state index < -0.39 is 25.8 Å². The second kappa shape index (κ2) is 3.95. The first-order valence-electron chi connectivity index (χ1n) is 4.43. The number of imidazole rings is 1. The SMILES string of the molecule is CC(n1ccnc1)[Si](C)(CF)C(F)(F)F. The van der Waals surface area contributed by atoms with E-state index in [1.54, 1.807) is 0 Å². The van der Waals surface area contributed by atoms with Crippen LogP contribution >= 0.6 is 0 Å². The second-order valence-electron chi connectivity index (χ2n) is 3.73. The van der Waals surface area contributed by atoms with Crippen molar-refractivity contribution in [2.24, 2.45) is 0 Å². The summed E-state index contributed by atoms with van der Waals surface area (Å²) in [4.78, 5) is 3.67. The molecule has 1 aromatic heterocycles. The van der Waals surface area contributed by atoms with Crippen LogP contribution in [-0.4, -0.2) is 29.7 Å². The topological polar surface area (TPSA) is 17.8 Å². The molecule has 0 spiro atoms. The van der Waals surface area contributed by atoms with Crippen LogP contribution in [0, 0.1) is 0 Å². The molecule has 0 radical (unpaired) electrons. The summed E-state index contributed by atoms with van der Waals surface area (Å²) in [7, 11) is -3.98. The molecule has 1 heterocycles. The molecule has 0 N–H and O–H groups in total. The maximum atomic E-state index is 12.7. The molecule has 2 unspecified atom stereocenters. The van der Waals surface area contributed by atoms with Crippen LogP contribution in [-0.2, 0) is 0 Å². The van der Waals surface area contributed by atoms with Crippen molar-refractivity contribution >= 4 is 8.07 Å². The van der Waals surface area contributed by atoms with Gasteiger partial charge in [0.2, 0.25) is 8.07 Å². The quantitative estimate of drug-likeness (QED) is 0.586. The van der Waals surface area contributed by atoms with Gasteiger partial charge in [0.25, 0.3) is 0 Å². The van der Waals surface area contributed by atoms with Crippen LogP contribution in [0.4, 0.5) is 17.6 Å². The average Bonchev–Trinajstić information content (AvgIpc) is 2.66. The third kappa shape index (κ3) is 2.06. The third-order valence-electron chi connectivity index (χ3n) is 2.82. The molecule has 86 valence electrons. The van der Waals surface area contributed by atoms with Gasteiger partial charge in [-0.15, -0.1) is 0 Å². The predicted molar refractivity (Wildman–Crippen MR) is 50.6 cm³/mol. The van der Waals surface area contributed by atoms with Crippen molar-refractivity contribution in [2.45, 2.75) is 24.9 Å². The van der Waals surface area contributed by atoms with Crippen LogP contribution in [0.15, 0.2) is 18.7 Å². The molecular formula is C8H12F4N2Si. The molecule has 0 aliphatic rings. The molecule has 0 fully saturated rings. The molecule has 0 saturated heterocycles. The van der Waals surface area contributed by atoms with Gasteiger partial charge in [-0.3, -0.25) is 4.39 Å². The molecule has 2 nitrogen and oxygen atoms in total. The van der Waals surface area contributed by atoms with Gasteiger partial charge in [-0.2, -0.15) is 13.2 Å². The fraction of sp³-hybridized carbons (Fsp3) is 0.625. The summed E-state index contributed by atoms with van der Waals surface area (Å²) in [5.41, 5.74) is -0.884. The first-order chi connectivity index (χ1) is 6.83. The summed E-state index contributed by atoms with van der Waals surface area (Å²) < 4.78 is 52.2. The number of hydrogen-bond acceptors (Lipinski definition) is 1. The summed E-state index contributed by atoms with van der Waals surface area (Å²) in [6.45, 7) is 2.40. The Kier molecular flexibility index (Phi) is 3.22. The molecule has 1 rings (SSSR count). The number of halogens is 4. The highest BCUT2D eigenvalue weighted by Crippen LogP contribution is 2.36. The molecule has 0 saturated carbocycles. The number of alkyl halides is 4. The minimum atomic E-state index is -4.44. The highest BCUT2D eigenvalue weighted by Gasteiger charge is 2.58. The Balaban J connectivity index is 3.02. The van der Waals surface area contributed by atoms with Crippen molar-refractivity contribution in [1.29, 1.82) is 0 Å². The third-order valence-corrected chi connectivity index (χ3v) is 6.81. The van der Waals surface area contributed by atoms with E-state index in [1.807, 2.05) is 0 Å². The number of aromatic nitrogens is 2. The van der Waals surface area contributed by atoms with E-state index in [-0.39, 0.29) is 0 Å². The fourth-order valence-corrected chi connectivity index (χ4v) is 2.91. The normalized spacial score (nSPS) is 18.5. The Morgan fingerprint density at radius 1 is 1.47 bits per heavy atom. The summed E-state index contributed by atoms with van der Waals surface area (Å²) in [5.74, 6) is -4.44. The van der Waals surface area contributed by atoms with Crippen molar-refractivity contribution < 1.29 is 17.6 Å². The van der Waals surface area contributed by atoms with Crippen molar-refractivity contribution in [2.75, 3.05) is 6.30 Å². The van der Waals surface area contributed by atoms with Crippen LogP contribution in [0.25, 0.3) is 0 Å². The van der Waals surface area contributed by atoms with Gasteiger partial charge >= 0.3 is 5.80 Å². The summed E-state index contributed by atoms with van der Waals surface area (Å²) >= 11 is 0. The Hall–Kier alpha value is -0.853. The fourth-order valence-electron chi connectivity index (χ4n) is 1.25. The van der Waals surface area contributed by atoms with Crippen LogP contribution in [0.3, 0.4) is 0 Å². The first kappa shape index (κ1) is 12.2. The zero-order valence-electron chi connectivity index (χ0n) is 8.42. The molecular weight excluding hydrogens is 228 g/mol. The van der Waals surface area contributed by atoms with Gasteiger partial charge in [0, 0.05) is 18.1 Å². The first-order valence-corrected chi connectivity index (χ1v) is 7.21. The maximum Gasteiger partial charge on any atom is 0.366 e. The standard InChI is InChI=1S/C8H12F4N2Si/c1-7(14-4-3-13-6-14)15(2,5-9)8(10,11)12/h3-4,6-7H,5H2,1-2H3. The second-order valence-corrected chi connectivity index (χ2v) is 8.24. The van der Waals surface area contributed by atoms with E-state index in [0.717, 1.165) is 6.55 Å². The lowest BCUT2D eigenvalue weighted by Crippen LogP contribution is -2.56. The smallest absolute Gasteiger partial charge is 0.337 e. The van der Waals surface area contributed by atoms with E-state index in [9.17, 15) is 17.6 Å². The van der Waals surface area contributed by atoms with Crippen molar-refractivity contribution in [3.05, 3.63) is 18.7 Å². The molecule has 2 atom stereocenters. The molecule has 15 heavy (non-hydrogen) atoms. The molecule has 0 aliphatic carbocycles. The Labute approximate surface area is 85.9 Å². The van der Waals surface area contributed by atoms with E-state index in [4.69, 9.17) is 0 Å². The van der Waals surface area contributed by atoms with Gasteiger partial charge in [-0.05, 0) is 6.92 Å². The van der Waals surface area contributed by atoms with Crippen molar-refractivity contribution in [3.63, 3.8) is 0 Å². The summed E-state index contributed by atoms with van der Waals surface area (Å²) in [5, 5.41) is 0. The van der Waals surface area contributed by atoms with Gasteiger partial charge in [0.05, 0.1) is 12.6 Å². The molecule has 0 aliphatic heterocycles. The van der Waals surface area contributed by atoms with E-state index in [0.29, 0.717) is 0 Å². The highest BCUT2D eigenvalue weighted by molar-refractivity contribution is 6.81. The average molecular weight is 240 g/mol. The van der Waals surface area contributed by atoms with Crippen molar-refractivity contribution in [3.8, 4) is 0 Å². The minimum Gasteiger partial charge on any atom is -0.337 e. The van der Waals surface area contributed by atoms with Crippen LogP contribution in [0.5, 0.6) is 0 Å². The number of nitrogens with zero attached hydrogens (tertiary/aromatic N) is 2. The van der Waals surface area contributed by atoms with Gasteiger partial charge in [0.1, 0.15) is 0 Å². The van der Waals surface area contributed by atoms with Gasteiger partial charge in [0.15, 0.2) is 0 Å². The Bertz CT molecular complexity index is 311. The maximum absolute atomic E-state index is 12.7. The van der Waals surface area contributed by atoms with Gasteiger partial charge in [-0.25, -0.2) is 4.98 Å². The van der Waals surface area contributed by atoms with Crippen LogP contribution in [0.2, 0.25) is 6.55 Å². The van der Waals surface area contributed by atoms with E-state index in [2.05, 4.69) is 4.98 Å². The summed E-state index contributed by atoms with van der Waals surface area (Å²) in [6.07, 6.45) is 2.80. The van der Waals surface area contributed by atoms with Crippen molar-refractivity contribution in [1.82, 2.24) is 9.55 Å². The predicted octanol–water partition coefficient (Wildman–Crippen LogP) is 2.67. The zero-order valence-corrected chi connectivity index (χ0v) is 9.42. The molecule has 0 bridgehead atoms. The van der Waals surface area contributed by atoms with Crippen LogP contribution < -0.4 is 0 Å². The minimum absolute atomic E-state index is 0.884. The van der Waals surface area contributed by atoms with E-state index >= 15 is 0 Å².